The van der Waals surface area contributed by atoms with E-state index >= 15 is 0 Å². The van der Waals surface area contributed by atoms with Crippen LogP contribution < -0.4 is 26.4 Å². The van der Waals surface area contributed by atoms with Gasteiger partial charge in [-0.2, -0.15) is 0 Å². The summed E-state index contributed by atoms with van der Waals surface area (Å²) in [5.74, 6) is 0.288. The van der Waals surface area contributed by atoms with Crippen LogP contribution in [-0.4, -0.2) is 41.2 Å². The Morgan fingerprint density at radius 2 is 1.97 bits per heavy atom. The van der Waals surface area contributed by atoms with Gasteiger partial charge in [-0.15, -0.1) is 10.2 Å². The first-order valence-electron chi connectivity index (χ1n) is 10.2. The standard InChI is InChI=1S/C21H24N6O3/c22-19(28)18-16(7-17(26-27-18)25-20(29)12-4-5-12)24-13-2-1-3-14(6-13)30-15-8-21(9-15)10-23-11-21/h1-3,6-7,12,15,23H,4-5,8-11H2,(H2,22,28)(H2,24,25,26,29). The van der Waals surface area contributed by atoms with Crippen molar-refractivity contribution < 1.29 is 14.3 Å². The molecule has 5 N–H and O–H groups in total. The third-order valence-corrected chi connectivity index (χ3v) is 5.96. The van der Waals surface area contributed by atoms with Gasteiger partial charge in [0, 0.05) is 42.2 Å². The highest BCUT2D eigenvalue weighted by molar-refractivity contribution is 5.98. The summed E-state index contributed by atoms with van der Waals surface area (Å²) < 4.78 is 6.10. The SMILES string of the molecule is NC(=O)c1nnc(NC(=O)C2CC2)cc1Nc1cccc(OC2CC3(CNC3)C2)c1. The van der Waals surface area contributed by atoms with Gasteiger partial charge in [-0.05, 0) is 37.8 Å². The van der Waals surface area contributed by atoms with Crippen LogP contribution in [0, 0.1) is 11.3 Å². The summed E-state index contributed by atoms with van der Waals surface area (Å²) in [5, 5.41) is 17.0. The van der Waals surface area contributed by atoms with Gasteiger partial charge in [0.1, 0.15) is 5.75 Å². The van der Waals surface area contributed by atoms with Crippen molar-refractivity contribution in [2.75, 3.05) is 23.7 Å². The summed E-state index contributed by atoms with van der Waals surface area (Å²) in [7, 11) is 0. The molecule has 30 heavy (non-hydrogen) atoms. The van der Waals surface area contributed by atoms with Gasteiger partial charge in [0.05, 0.1) is 11.8 Å². The molecule has 1 aromatic heterocycles. The van der Waals surface area contributed by atoms with Gasteiger partial charge < -0.3 is 26.4 Å². The number of benzene rings is 1. The quantitative estimate of drug-likeness (QED) is 0.549. The Morgan fingerprint density at radius 3 is 2.63 bits per heavy atom. The van der Waals surface area contributed by atoms with Gasteiger partial charge in [-0.3, -0.25) is 9.59 Å². The van der Waals surface area contributed by atoms with Crippen molar-refractivity contribution >= 4 is 29.0 Å². The molecule has 0 atom stereocenters. The Labute approximate surface area is 173 Å². The van der Waals surface area contributed by atoms with Crippen LogP contribution in [0.5, 0.6) is 5.75 Å². The summed E-state index contributed by atoms with van der Waals surface area (Å²) in [6.07, 6.45) is 4.14. The lowest BCUT2D eigenvalue weighted by Crippen LogP contribution is -2.62. The molecule has 2 aromatic rings. The zero-order valence-electron chi connectivity index (χ0n) is 16.5. The van der Waals surface area contributed by atoms with Crippen LogP contribution >= 0.6 is 0 Å². The van der Waals surface area contributed by atoms with E-state index in [1.54, 1.807) is 6.07 Å². The Balaban J connectivity index is 1.30. The number of aromatic nitrogens is 2. The zero-order chi connectivity index (χ0) is 20.7. The van der Waals surface area contributed by atoms with Crippen LogP contribution in [0.2, 0.25) is 0 Å². The zero-order valence-corrected chi connectivity index (χ0v) is 16.5. The summed E-state index contributed by atoms with van der Waals surface area (Å²) in [4.78, 5) is 23.8. The molecule has 5 rings (SSSR count). The summed E-state index contributed by atoms with van der Waals surface area (Å²) in [6, 6.07) is 9.10. The average molecular weight is 408 g/mol. The molecular weight excluding hydrogens is 384 g/mol. The molecule has 1 saturated heterocycles. The van der Waals surface area contributed by atoms with Gasteiger partial charge in [0.15, 0.2) is 11.5 Å². The first-order valence-corrected chi connectivity index (χ1v) is 10.2. The minimum Gasteiger partial charge on any atom is -0.490 e. The van der Waals surface area contributed by atoms with Crippen molar-refractivity contribution in [3.63, 3.8) is 0 Å². The molecule has 0 unspecified atom stereocenters. The van der Waals surface area contributed by atoms with Crippen LogP contribution in [0.3, 0.4) is 0 Å². The molecule has 1 aromatic carbocycles. The van der Waals surface area contributed by atoms with E-state index in [-0.39, 0.29) is 29.4 Å². The molecule has 2 aliphatic carbocycles. The maximum Gasteiger partial charge on any atom is 0.271 e. The fraction of sp³-hybridized carbons (Fsp3) is 0.429. The van der Waals surface area contributed by atoms with Crippen LogP contribution in [0.15, 0.2) is 30.3 Å². The summed E-state index contributed by atoms with van der Waals surface area (Å²) in [6.45, 7) is 2.16. The number of carbonyl (C=O) groups is 2. The van der Waals surface area contributed by atoms with Crippen molar-refractivity contribution in [1.29, 1.82) is 0 Å². The van der Waals surface area contributed by atoms with Crippen molar-refractivity contribution in [2.24, 2.45) is 17.1 Å². The normalized spacial score (nSPS) is 19.5. The predicted octanol–water partition coefficient (Wildman–Crippen LogP) is 1.80. The lowest BCUT2D eigenvalue weighted by molar-refractivity contribution is -0.117. The van der Waals surface area contributed by atoms with Gasteiger partial charge in [-0.1, -0.05) is 6.07 Å². The Kier molecular flexibility index (Phi) is 4.54. The molecule has 156 valence electrons. The molecule has 9 nitrogen and oxygen atoms in total. The minimum atomic E-state index is -0.702. The largest absolute Gasteiger partial charge is 0.490 e. The molecule has 0 bridgehead atoms. The topological polar surface area (TPSA) is 131 Å². The van der Waals surface area contributed by atoms with Gasteiger partial charge in [0.25, 0.3) is 5.91 Å². The highest BCUT2D eigenvalue weighted by atomic mass is 16.5. The molecular formula is C21H24N6O3. The van der Waals surface area contributed by atoms with E-state index in [0.717, 1.165) is 50.2 Å². The Hall–Kier alpha value is -3.20. The van der Waals surface area contributed by atoms with Crippen LogP contribution in [0.4, 0.5) is 17.2 Å². The van der Waals surface area contributed by atoms with E-state index < -0.39 is 5.91 Å². The lowest BCUT2D eigenvalue weighted by Gasteiger charge is -2.53. The first kappa shape index (κ1) is 18.8. The Bertz CT molecular complexity index is 994. The number of rotatable bonds is 7. The number of anilines is 3. The average Bonchev–Trinajstić information content (AvgIpc) is 3.48. The molecule has 0 radical (unpaired) electrons. The maximum absolute atomic E-state index is 12.0. The number of carbonyl (C=O) groups excluding carboxylic acids is 2. The summed E-state index contributed by atoms with van der Waals surface area (Å²) in [5.41, 5.74) is 7.00. The molecule has 9 heteroatoms. The number of nitrogens with two attached hydrogens (primary N) is 1. The second-order valence-electron chi connectivity index (χ2n) is 8.52. The number of hydrogen-bond donors (Lipinski definition) is 4. The molecule has 1 aliphatic heterocycles. The van der Waals surface area contributed by atoms with Gasteiger partial charge >= 0.3 is 0 Å². The second-order valence-corrected chi connectivity index (χ2v) is 8.52. The molecule has 3 fully saturated rings. The molecule has 3 aliphatic rings. The maximum atomic E-state index is 12.0. The molecule has 2 heterocycles. The monoisotopic (exact) mass is 408 g/mol. The fourth-order valence-electron chi connectivity index (χ4n) is 4.06. The van der Waals surface area contributed by atoms with Crippen molar-refractivity contribution in [3.05, 3.63) is 36.0 Å². The third kappa shape index (κ3) is 3.80. The number of nitrogens with zero attached hydrogens (tertiary/aromatic N) is 2. The van der Waals surface area contributed by atoms with E-state index in [9.17, 15) is 9.59 Å². The van der Waals surface area contributed by atoms with Crippen molar-refractivity contribution in [3.8, 4) is 5.75 Å². The number of ether oxygens (including phenoxy) is 1. The van der Waals surface area contributed by atoms with E-state index in [0.29, 0.717) is 11.1 Å². The van der Waals surface area contributed by atoms with Gasteiger partial charge in [-0.25, -0.2) is 0 Å². The predicted molar refractivity (Wildman–Crippen MR) is 111 cm³/mol. The Morgan fingerprint density at radius 1 is 1.17 bits per heavy atom. The van der Waals surface area contributed by atoms with E-state index in [2.05, 4.69) is 26.1 Å². The fourth-order valence-corrected chi connectivity index (χ4v) is 4.06. The molecule has 1 spiro atoms. The smallest absolute Gasteiger partial charge is 0.271 e. The van der Waals surface area contributed by atoms with Crippen molar-refractivity contribution in [2.45, 2.75) is 31.8 Å². The van der Waals surface area contributed by atoms with E-state index in [1.165, 1.54) is 0 Å². The number of amides is 2. The number of nitrogens with one attached hydrogen (secondary N) is 3. The van der Waals surface area contributed by atoms with Gasteiger partial charge in [0.2, 0.25) is 5.91 Å². The molecule has 2 amide bonds. The third-order valence-electron chi connectivity index (χ3n) is 5.96. The highest BCUT2D eigenvalue weighted by Gasteiger charge is 2.49. The van der Waals surface area contributed by atoms with E-state index in [1.807, 2.05) is 24.3 Å². The van der Waals surface area contributed by atoms with Crippen LogP contribution in [-0.2, 0) is 4.79 Å². The highest BCUT2D eigenvalue weighted by Crippen LogP contribution is 2.46. The van der Waals surface area contributed by atoms with Crippen LogP contribution in [0.25, 0.3) is 0 Å². The van der Waals surface area contributed by atoms with Crippen LogP contribution in [0.1, 0.15) is 36.2 Å². The molecule has 2 saturated carbocycles. The number of primary amides is 1. The van der Waals surface area contributed by atoms with Crippen molar-refractivity contribution in [1.82, 2.24) is 15.5 Å². The lowest BCUT2D eigenvalue weighted by atomic mass is 9.63. The second kappa shape index (κ2) is 7.24. The first-order chi connectivity index (χ1) is 14.5. The minimum absolute atomic E-state index is 0.00385. The number of hydrogen-bond acceptors (Lipinski definition) is 7. The van der Waals surface area contributed by atoms with E-state index in [4.69, 9.17) is 10.5 Å². The summed E-state index contributed by atoms with van der Waals surface area (Å²) >= 11 is 0.